The van der Waals surface area contributed by atoms with Crippen LogP contribution in [0.4, 0.5) is 10.6 Å². The summed E-state index contributed by atoms with van der Waals surface area (Å²) in [5.74, 6) is 1.94. The number of piperidine rings is 1. The number of unbranched alkanes of at least 4 members (excludes halogenated alkanes) is 1. The molecule has 5 rings (SSSR count). The lowest BCUT2D eigenvalue weighted by molar-refractivity contribution is 0.171. The van der Waals surface area contributed by atoms with Gasteiger partial charge in [-0.05, 0) is 51.3 Å². The minimum atomic E-state index is -0.0654. The van der Waals surface area contributed by atoms with E-state index in [4.69, 9.17) is 4.98 Å². The fraction of sp³-hybridized carbons (Fsp3) is 0.600. The second-order valence-electron chi connectivity index (χ2n) is 12.2. The second kappa shape index (κ2) is 12.0. The number of hydrogen-bond donors (Lipinski definition) is 2. The van der Waals surface area contributed by atoms with Crippen LogP contribution in [-0.2, 0) is 5.41 Å². The molecule has 4 heterocycles. The third-order valence-corrected chi connectivity index (χ3v) is 8.13. The quantitative estimate of drug-likeness (QED) is 0.437. The fourth-order valence-corrected chi connectivity index (χ4v) is 5.78. The van der Waals surface area contributed by atoms with Gasteiger partial charge in [0, 0.05) is 69.0 Å². The third-order valence-electron chi connectivity index (χ3n) is 8.13. The van der Waals surface area contributed by atoms with Crippen LogP contribution < -0.4 is 15.9 Å². The number of urea groups is 1. The molecule has 10 nitrogen and oxygen atoms in total. The molecule has 0 aliphatic carbocycles. The molecule has 0 radical (unpaired) electrons. The van der Waals surface area contributed by atoms with E-state index in [0.29, 0.717) is 19.6 Å². The standard InChI is InChI=1S/C30H44N8O2/c1-22-21-26(34-27(32-22)30(2,3)4)36-19-17-35(18-20-36)14-8-7-13-31-28(39)37-15-11-23(12-16-37)38-25-10-6-5-9-24(25)33-29(38)40/h5-6,9-10,21,23H,7-8,11-20H2,1-4H3,(H,31,39)(H,33,40). The first-order valence-corrected chi connectivity index (χ1v) is 14.7. The molecular weight excluding hydrogens is 504 g/mol. The molecule has 2 fully saturated rings. The van der Waals surface area contributed by atoms with Gasteiger partial charge in [0.15, 0.2) is 0 Å². The summed E-state index contributed by atoms with van der Waals surface area (Å²) in [5.41, 5.74) is 2.70. The molecule has 2 saturated heterocycles. The lowest BCUT2D eigenvalue weighted by atomic mass is 9.95. The molecule has 1 aromatic carbocycles. The zero-order chi connectivity index (χ0) is 28.3. The number of benzene rings is 1. The van der Waals surface area contributed by atoms with Crippen LogP contribution >= 0.6 is 0 Å². The summed E-state index contributed by atoms with van der Waals surface area (Å²) in [6.07, 6.45) is 3.60. The number of aromatic nitrogens is 4. The van der Waals surface area contributed by atoms with Crippen molar-refractivity contribution in [3.05, 3.63) is 52.3 Å². The summed E-state index contributed by atoms with van der Waals surface area (Å²) in [5, 5.41) is 3.10. The van der Waals surface area contributed by atoms with Crippen LogP contribution in [0.1, 0.15) is 64.0 Å². The number of aryl methyl sites for hydroxylation is 1. The van der Waals surface area contributed by atoms with E-state index >= 15 is 0 Å². The van der Waals surface area contributed by atoms with Crippen molar-refractivity contribution in [1.82, 2.24) is 34.6 Å². The third kappa shape index (κ3) is 6.49. The largest absolute Gasteiger partial charge is 0.354 e. The van der Waals surface area contributed by atoms with Crippen LogP contribution in [-0.4, -0.2) is 87.7 Å². The zero-order valence-electron chi connectivity index (χ0n) is 24.4. The van der Waals surface area contributed by atoms with Gasteiger partial charge in [0.25, 0.3) is 0 Å². The van der Waals surface area contributed by atoms with E-state index in [9.17, 15) is 9.59 Å². The van der Waals surface area contributed by atoms with Gasteiger partial charge in [-0.1, -0.05) is 32.9 Å². The minimum Gasteiger partial charge on any atom is -0.354 e. The molecule has 0 bridgehead atoms. The van der Waals surface area contributed by atoms with E-state index in [0.717, 1.165) is 86.8 Å². The summed E-state index contributed by atoms with van der Waals surface area (Å²) < 4.78 is 1.86. The van der Waals surface area contributed by atoms with E-state index in [2.05, 4.69) is 51.9 Å². The highest BCUT2D eigenvalue weighted by Gasteiger charge is 2.26. The number of piperazine rings is 1. The van der Waals surface area contributed by atoms with Crippen LogP contribution in [0.3, 0.4) is 0 Å². The SMILES string of the molecule is Cc1cc(N2CCN(CCCCNC(=O)N3CCC(n4c(=O)[nH]c5ccccc54)CC3)CC2)nc(C(C)(C)C)n1. The van der Waals surface area contributed by atoms with E-state index in [1.165, 1.54) is 0 Å². The average molecular weight is 549 g/mol. The number of rotatable bonds is 7. The summed E-state index contributed by atoms with van der Waals surface area (Å²) in [4.78, 5) is 44.5. The Labute approximate surface area is 236 Å². The Morgan fingerprint density at radius 3 is 2.48 bits per heavy atom. The Hall–Kier alpha value is -3.40. The van der Waals surface area contributed by atoms with Crippen LogP contribution in [0.15, 0.2) is 35.1 Å². The van der Waals surface area contributed by atoms with Gasteiger partial charge in [-0.3, -0.25) is 9.47 Å². The van der Waals surface area contributed by atoms with Gasteiger partial charge in [-0.2, -0.15) is 0 Å². The molecular formula is C30H44N8O2. The maximum Gasteiger partial charge on any atom is 0.326 e. The van der Waals surface area contributed by atoms with Crippen molar-refractivity contribution in [1.29, 1.82) is 0 Å². The lowest BCUT2D eigenvalue weighted by Crippen LogP contribution is -2.47. The van der Waals surface area contributed by atoms with Gasteiger partial charge in [0.1, 0.15) is 11.6 Å². The Morgan fingerprint density at radius 1 is 1.02 bits per heavy atom. The van der Waals surface area contributed by atoms with Gasteiger partial charge in [-0.25, -0.2) is 19.6 Å². The summed E-state index contributed by atoms with van der Waals surface area (Å²) in [7, 11) is 0. The molecule has 40 heavy (non-hydrogen) atoms. The van der Waals surface area contributed by atoms with Crippen LogP contribution in [0.5, 0.6) is 0 Å². The molecule has 3 aromatic rings. The lowest BCUT2D eigenvalue weighted by Gasteiger charge is -2.36. The fourth-order valence-electron chi connectivity index (χ4n) is 5.78. The maximum absolute atomic E-state index is 12.7. The first-order chi connectivity index (χ1) is 19.2. The van der Waals surface area contributed by atoms with E-state index in [1.54, 1.807) is 0 Å². The number of anilines is 1. The van der Waals surface area contributed by atoms with Gasteiger partial charge < -0.3 is 20.1 Å². The number of fused-ring (bicyclic) bond motifs is 1. The monoisotopic (exact) mass is 548 g/mol. The van der Waals surface area contributed by atoms with E-state index < -0.39 is 0 Å². The summed E-state index contributed by atoms with van der Waals surface area (Å²) in [6, 6.07) is 10.0. The molecule has 0 saturated carbocycles. The van der Waals surface area contributed by atoms with Crippen molar-refractivity contribution in [2.75, 3.05) is 57.3 Å². The Kier molecular flexibility index (Phi) is 8.44. The molecule has 2 amide bonds. The predicted molar refractivity (Wildman–Crippen MR) is 159 cm³/mol. The maximum atomic E-state index is 12.7. The number of H-pyrrole nitrogens is 1. The number of carbonyl (C=O) groups is 1. The zero-order valence-corrected chi connectivity index (χ0v) is 24.4. The Morgan fingerprint density at radius 2 is 1.75 bits per heavy atom. The van der Waals surface area contributed by atoms with Crippen molar-refractivity contribution >= 4 is 22.9 Å². The highest BCUT2D eigenvalue weighted by atomic mass is 16.2. The number of nitrogens with one attached hydrogen (secondary N) is 2. The van der Waals surface area contributed by atoms with Crippen LogP contribution in [0, 0.1) is 6.92 Å². The number of imidazole rings is 1. The number of nitrogens with zero attached hydrogens (tertiary/aromatic N) is 6. The smallest absolute Gasteiger partial charge is 0.326 e. The normalized spacial score (nSPS) is 17.5. The first kappa shape index (κ1) is 28.1. The molecule has 216 valence electrons. The first-order valence-electron chi connectivity index (χ1n) is 14.7. The van der Waals surface area contributed by atoms with E-state index in [1.807, 2.05) is 40.7 Å². The topological polar surface area (TPSA) is 102 Å². The van der Waals surface area contributed by atoms with Crippen molar-refractivity contribution in [3.63, 3.8) is 0 Å². The minimum absolute atomic E-state index is 0.00751. The van der Waals surface area contributed by atoms with Crippen molar-refractivity contribution in [3.8, 4) is 0 Å². The number of aromatic amines is 1. The van der Waals surface area contributed by atoms with Gasteiger partial charge >= 0.3 is 11.7 Å². The number of likely N-dealkylation sites (tertiary alicyclic amines) is 1. The molecule has 2 aromatic heterocycles. The number of carbonyl (C=O) groups excluding carboxylic acids is 1. The molecule has 2 N–H and O–H groups in total. The van der Waals surface area contributed by atoms with Crippen molar-refractivity contribution in [2.24, 2.45) is 0 Å². The van der Waals surface area contributed by atoms with Crippen LogP contribution in [0.25, 0.3) is 11.0 Å². The van der Waals surface area contributed by atoms with Crippen molar-refractivity contribution in [2.45, 2.75) is 64.8 Å². The highest BCUT2D eigenvalue weighted by molar-refractivity contribution is 5.75. The number of amides is 2. The summed E-state index contributed by atoms with van der Waals surface area (Å²) in [6.45, 7) is 15.6. The molecule has 0 spiro atoms. The van der Waals surface area contributed by atoms with Gasteiger partial charge in [0.2, 0.25) is 0 Å². The van der Waals surface area contributed by atoms with Gasteiger partial charge in [0.05, 0.1) is 11.0 Å². The van der Waals surface area contributed by atoms with Crippen LogP contribution in [0.2, 0.25) is 0 Å². The van der Waals surface area contributed by atoms with Crippen molar-refractivity contribution < 1.29 is 4.79 Å². The van der Waals surface area contributed by atoms with Gasteiger partial charge in [-0.15, -0.1) is 0 Å². The van der Waals surface area contributed by atoms with E-state index in [-0.39, 0.29) is 23.2 Å². The number of hydrogen-bond acceptors (Lipinski definition) is 6. The molecule has 0 atom stereocenters. The molecule has 0 unspecified atom stereocenters. The molecule has 2 aliphatic heterocycles. The number of para-hydroxylation sites is 2. The molecule has 10 heteroatoms. The Balaban J connectivity index is 0.991. The highest BCUT2D eigenvalue weighted by Crippen LogP contribution is 2.25. The Bertz CT molecular complexity index is 1360. The predicted octanol–water partition coefficient (Wildman–Crippen LogP) is 3.67. The molecule has 2 aliphatic rings. The second-order valence-corrected chi connectivity index (χ2v) is 12.2. The summed E-state index contributed by atoms with van der Waals surface area (Å²) >= 11 is 0. The average Bonchev–Trinajstić information content (AvgIpc) is 3.28.